The van der Waals surface area contributed by atoms with E-state index in [0.29, 0.717) is 0 Å². The van der Waals surface area contributed by atoms with Crippen molar-refractivity contribution in [3.63, 3.8) is 0 Å². The Kier molecular flexibility index (Phi) is 3.75. The fraction of sp³-hybridized carbons (Fsp3) is 0.500. The normalized spacial score (nSPS) is 11.7. The van der Waals surface area contributed by atoms with E-state index < -0.39 is 18.7 Å². The molecule has 50 valence electrons. The van der Waals surface area contributed by atoms with Gasteiger partial charge in [0.2, 0.25) is 6.17 Å². The van der Waals surface area contributed by atoms with Crippen molar-refractivity contribution < 1.29 is 14.3 Å². The highest BCUT2D eigenvalue weighted by atomic mass is 32.1. The molecule has 0 spiro atoms. The van der Waals surface area contributed by atoms with Crippen LogP contribution in [0.3, 0.4) is 0 Å². The van der Waals surface area contributed by atoms with Gasteiger partial charge in [-0.1, -0.05) is 0 Å². The fourth-order valence-corrected chi connectivity index (χ4v) is 0.270. The van der Waals surface area contributed by atoms with Crippen LogP contribution in [0.1, 0.15) is 0 Å². The van der Waals surface area contributed by atoms with Gasteiger partial charge in [0.1, 0.15) is 0 Å². The molecule has 0 radical (unpaired) electrons. The van der Waals surface area contributed by atoms with Gasteiger partial charge in [0, 0.05) is 0 Å². The van der Waals surface area contributed by atoms with Crippen LogP contribution in [0.5, 0.6) is 0 Å². The fourth-order valence-electron chi connectivity index (χ4n) is 0.196. The molecule has 0 saturated heterocycles. The Balaban J connectivity index is 3.63. The second kappa shape index (κ2) is 4.12. The number of halogens is 1. The number of hydrogen-bond donors (Lipinski definition) is 1. The first-order valence-corrected chi connectivity index (χ1v) is 2.50. The van der Waals surface area contributed by atoms with Gasteiger partial charge in [0.15, 0.2) is 0 Å². The van der Waals surface area contributed by atoms with Crippen LogP contribution in [0.25, 0.3) is 0 Å². The maximum Gasteiger partial charge on any atom is 0.340 e. The number of thiocarbonyl (C=S) groups is 1. The molecule has 0 heterocycles. The number of aliphatic imine (C=N–C) groups is 1. The smallest absolute Gasteiger partial charge is 0.340 e. The van der Waals surface area contributed by atoms with Gasteiger partial charge in [-0.05, 0) is 12.2 Å². The molecule has 1 N–H and O–H groups in total. The number of aliphatic carboxylic acids is 1. The largest absolute Gasteiger partial charge is 0.479 e. The number of carboxylic acids is 1. The van der Waals surface area contributed by atoms with E-state index in [1.165, 1.54) is 0 Å². The minimum atomic E-state index is -1.96. The van der Waals surface area contributed by atoms with E-state index in [9.17, 15) is 9.18 Å². The zero-order chi connectivity index (χ0) is 7.28. The summed E-state index contributed by atoms with van der Waals surface area (Å²) in [6.07, 6.45) is -1.96. The number of hydrogen-bond acceptors (Lipinski definition) is 3. The summed E-state index contributed by atoms with van der Waals surface area (Å²) in [7, 11) is 0. The molecular formula is C4H4FNO2S. The maximum absolute atomic E-state index is 11.9. The molecule has 0 aliphatic rings. The molecule has 9 heavy (non-hydrogen) atoms. The third-order valence-electron chi connectivity index (χ3n) is 0.584. The van der Waals surface area contributed by atoms with Gasteiger partial charge in [0.05, 0.1) is 11.7 Å². The molecule has 5 heteroatoms. The van der Waals surface area contributed by atoms with Gasteiger partial charge in [-0.2, -0.15) is 0 Å². The van der Waals surface area contributed by atoms with E-state index in [2.05, 4.69) is 17.2 Å². The Bertz CT molecular complexity index is 155. The number of carboxylic acid groups (broad SMARTS) is 1. The first-order valence-electron chi connectivity index (χ1n) is 2.09. The molecule has 0 fully saturated rings. The molecule has 0 saturated carbocycles. The lowest BCUT2D eigenvalue weighted by Gasteiger charge is -1.92. The van der Waals surface area contributed by atoms with Crippen LogP contribution in [0.2, 0.25) is 0 Å². The second-order valence-corrected chi connectivity index (χ2v) is 1.42. The summed E-state index contributed by atoms with van der Waals surface area (Å²) in [5.74, 6) is -1.52. The summed E-state index contributed by atoms with van der Waals surface area (Å²) in [5.41, 5.74) is 0. The van der Waals surface area contributed by atoms with Crippen LogP contribution in [-0.4, -0.2) is 29.0 Å². The van der Waals surface area contributed by atoms with Gasteiger partial charge >= 0.3 is 5.97 Å². The van der Waals surface area contributed by atoms with Crippen molar-refractivity contribution in [3.05, 3.63) is 0 Å². The van der Waals surface area contributed by atoms with Gasteiger partial charge in [-0.15, -0.1) is 0 Å². The van der Waals surface area contributed by atoms with Crippen LogP contribution in [-0.2, 0) is 4.79 Å². The third-order valence-corrected chi connectivity index (χ3v) is 0.713. The van der Waals surface area contributed by atoms with Crippen LogP contribution in [0.15, 0.2) is 4.99 Å². The minimum absolute atomic E-state index is 0.446. The standard InChI is InChI=1S/C4H4FNO2S/c5-3(4(7)8)1-6-2-9/h3H,1H2,(H,7,8)/t3-/m1/s1. The summed E-state index contributed by atoms with van der Waals surface area (Å²) in [6, 6.07) is 0. The maximum atomic E-state index is 11.9. The summed E-state index contributed by atoms with van der Waals surface area (Å²) in [4.78, 5) is 12.8. The third kappa shape index (κ3) is 3.76. The molecule has 3 nitrogen and oxygen atoms in total. The van der Waals surface area contributed by atoms with Crippen molar-refractivity contribution in [3.8, 4) is 0 Å². The Labute approximate surface area is 56.2 Å². The van der Waals surface area contributed by atoms with Gasteiger partial charge in [-0.25, -0.2) is 14.2 Å². The second-order valence-electron chi connectivity index (χ2n) is 1.24. The molecule has 0 aliphatic carbocycles. The minimum Gasteiger partial charge on any atom is -0.479 e. The predicted molar refractivity (Wildman–Crippen MR) is 32.4 cm³/mol. The first kappa shape index (κ1) is 8.20. The molecule has 0 aromatic carbocycles. The summed E-state index contributed by atoms with van der Waals surface area (Å²) in [5, 5.41) is 9.77. The van der Waals surface area contributed by atoms with Crippen molar-refractivity contribution in [1.29, 1.82) is 0 Å². The highest BCUT2D eigenvalue weighted by molar-refractivity contribution is 7.78. The van der Waals surface area contributed by atoms with Crippen molar-refractivity contribution in [2.45, 2.75) is 6.17 Å². The van der Waals surface area contributed by atoms with E-state index in [-0.39, 0.29) is 0 Å². The molecule has 0 aromatic heterocycles. The van der Waals surface area contributed by atoms with Crippen molar-refractivity contribution >= 4 is 23.3 Å². The lowest BCUT2D eigenvalue weighted by molar-refractivity contribution is -0.142. The quantitative estimate of drug-likeness (QED) is 0.470. The van der Waals surface area contributed by atoms with E-state index in [0.717, 1.165) is 0 Å². The molecule has 0 aliphatic heterocycles. The average molecular weight is 149 g/mol. The van der Waals surface area contributed by atoms with Crippen molar-refractivity contribution in [2.24, 2.45) is 4.99 Å². The van der Waals surface area contributed by atoms with E-state index in [1.54, 1.807) is 0 Å². The van der Waals surface area contributed by atoms with Gasteiger partial charge in [0.25, 0.3) is 0 Å². The summed E-state index contributed by atoms with van der Waals surface area (Å²) in [6.45, 7) is -0.446. The van der Waals surface area contributed by atoms with Crippen molar-refractivity contribution in [1.82, 2.24) is 0 Å². The van der Waals surface area contributed by atoms with Crippen LogP contribution < -0.4 is 0 Å². The molecular weight excluding hydrogens is 145 g/mol. The van der Waals surface area contributed by atoms with E-state index >= 15 is 0 Å². The Morgan fingerprint density at radius 1 is 2.00 bits per heavy atom. The Hall–Kier alpha value is -0.800. The van der Waals surface area contributed by atoms with Crippen LogP contribution in [0, 0.1) is 0 Å². The Morgan fingerprint density at radius 3 is 2.89 bits per heavy atom. The monoisotopic (exact) mass is 149 g/mol. The lowest BCUT2D eigenvalue weighted by atomic mass is 10.4. The molecule has 0 bridgehead atoms. The number of nitrogens with zero attached hydrogens (tertiary/aromatic N) is 1. The van der Waals surface area contributed by atoms with Gasteiger partial charge < -0.3 is 5.11 Å². The molecule has 1 atom stereocenters. The number of carbonyl (C=O) groups is 1. The zero-order valence-electron chi connectivity index (χ0n) is 4.37. The molecule has 0 unspecified atom stereocenters. The van der Waals surface area contributed by atoms with Crippen LogP contribution in [0.4, 0.5) is 4.39 Å². The molecule has 0 amide bonds. The number of rotatable bonds is 3. The average Bonchev–Trinajstić information content (AvgIpc) is 1.82. The topological polar surface area (TPSA) is 49.7 Å². The zero-order valence-corrected chi connectivity index (χ0v) is 5.19. The number of isothiocyanates is 1. The van der Waals surface area contributed by atoms with Crippen molar-refractivity contribution in [2.75, 3.05) is 6.54 Å². The number of alkyl halides is 1. The van der Waals surface area contributed by atoms with Crippen LogP contribution >= 0.6 is 12.2 Å². The SMILES string of the molecule is O=C(O)[C@H](F)CN=C=S. The lowest BCUT2D eigenvalue weighted by Crippen LogP contribution is -2.17. The summed E-state index contributed by atoms with van der Waals surface area (Å²) < 4.78 is 11.9. The molecule has 0 aromatic rings. The first-order chi connectivity index (χ1) is 4.18. The summed E-state index contributed by atoms with van der Waals surface area (Å²) >= 11 is 4.08. The van der Waals surface area contributed by atoms with E-state index in [1.807, 2.05) is 5.16 Å². The Morgan fingerprint density at radius 2 is 2.56 bits per heavy atom. The predicted octanol–water partition coefficient (Wildman–Crippen LogP) is 0.512. The highest BCUT2D eigenvalue weighted by Gasteiger charge is 2.13. The van der Waals surface area contributed by atoms with Gasteiger partial charge in [-0.3, -0.25) is 0 Å². The highest BCUT2D eigenvalue weighted by Crippen LogP contribution is 1.89. The molecule has 0 rings (SSSR count). The van der Waals surface area contributed by atoms with E-state index in [4.69, 9.17) is 5.11 Å².